The van der Waals surface area contributed by atoms with Crippen molar-refractivity contribution in [1.82, 2.24) is 15.1 Å². The molecule has 1 aromatic rings. The summed E-state index contributed by atoms with van der Waals surface area (Å²) in [6, 6.07) is 9.21. The van der Waals surface area contributed by atoms with Gasteiger partial charge in [-0.05, 0) is 101 Å². The first-order valence-electron chi connectivity index (χ1n) is 12.6. The lowest BCUT2D eigenvalue weighted by Gasteiger charge is -2.40. The van der Waals surface area contributed by atoms with Crippen LogP contribution in [0.5, 0.6) is 0 Å². The fourth-order valence-electron chi connectivity index (χ4n) is 5.74. The summed E-state index contributed by atoms with van der Waals surface area (Å²) in [5.74, 6) is 0.781. The van der Waals surface area contributed by atoms with E-state index in [4.69, 9.17) is 0 Å². The van der Waals surface area contributed by atoms with Crippen LogP contribution < -0.4 is 5.32 Å². The summed E-state index contributed by atoms with van der Waals surface area (Å²) >= 11 is 0. The van der Waals surface area contributed by atoms with E-state index >= 15 is 0 Å². The van der Waals surface area contributed by atoms with E-state index in [1.807, 2.05) is 12.1 Å². The molecule has 0 unspecified atom stereocenters. The highest BCUT2D eigenvalue weighted by Gasteiger charge is 2.25. The van der Waals surface area contributed by atoms with Crippen LogP contribution >= 0.6 is 0 Å². The largest absolute Gasteiger partial charge is 0.352 e. The van der Waals surface area contributed by atoms with Gasteiger partial charge in [-0.1, -0.05) is 37.8 Å². The molecule has 4 nitrogen and oxygen atoms in total. The third kappa shape index (κ3) is 6.07. The molecule has 0 radical (unpaired) electrons. The Labute approximate surface area is 183 Å². The number of likely N-dealkylation sites (tertiary alicyclic amines) is 2. The topological polar surface area (TPSA) is 35.6 Å². The summed E-state index contributed by atoms with van der Waals surface area (Å²) in [5, 5.41) is 3.12. The van der Waals surface area contributed by atoms with Crippen LogP contribution in [0, 0.1) is 0 Å². The smallest absolute Gasteiger partial charge is 0.251 e. The number of nitrogens with zero attached hydrogens (tertiary/aromatic N) is 2. The molecule has 0 bridgehead atoms. The highest BCUT2D eigenvalue weighted by atomic mass is 16.1. The Morgan fingerprint density at radius 1 is 0.833 bits per heavy atom. The monoisotopic (exact) mass is 411 g/mol. The SMILES string of the molecule is O=C(NCCCN1CCC(N2CCCCC2)CC1)c1ccc(C2CCCCC2)cc1. The number of carbonyl (C=O) groups excluding carboxylic acids is 1. The molecule has 3 aliphatic rings. The molecule has 1 aromatic carbocycles. The lowest BCUT2D eigenvalue weighted by molar-refractivity contribution is 0.0903. The quantitative estimate of drug-likeness (QED) is 0.654. The molecule has 1 aliphatic carbocycles. The number of hydrogen-bond donors (Lipinski definition) is 1. The highest BCUT2D eigenvalue weighted by molar-refractivity contribution is 5.94. The van der Waals surface area contributed by atoms with Gasteiger partial charge >= 0.3 is 0 Å². The Morgan fingerprint density at radius 2 is 1.50 bits per heavy atom. The van der Waals surface area contributed by atoms with E-state index in [-0.39, 0.29) is 5.91 Å². The molecule has 2 heterocycles. The van der Waals surface area contributed by atoms with E-state index in [1.165, 1.54) is 96.0 Å². The van der Waals surface area contributed by atoms with Crippen molar-refractivity contribution in [2.24, 2.45) is 0 Å². The van der Waals surface area contributed by atoms with Crippen LogP contribution in [0.25, 0.3) is 0 Å². The number of rotatable bonds is 7. The van der Waals surface area contributed by atoms with E-state index < -0.39 is 0 Å². The molecule has 0 atom stereocenters. The number of benzene rings is 1. The average Bonchev–Trinajstić information content (AvgIpc) is 2.83. The van der Waals surface area contributed by atoms with Gasteiger partial charge in [0, 0.05) is 18.2 Å². The summed E-state index contributed by atoms with van der Waals surface area (Å²) in [6.07, 6.45) is 14.6. The van der Waals surface area contributed by atoms with Crippen molar-refractivity contribution in [3.63, 3.8) is 0 Å². The van der Waals surface area contributed by atoms with Crippen molar-refractivity contribution in [3.8, 4) is 0 Å². The summed E-state index contributed by atoms with van der Waals surface area (Å²) < 4.78 is 0. The van der Waals surface area contributed by atoms with Crippen LogP contribution in [0.15, 0.2) is 24.3 Å². The van der Waals surface area contributed by atoms with Gasteiger partial charge in [0.1, 0.15) is 0 Å². The minimum Gasteiger partial charge on any atom is -0.352 e. The van der Waals surface area contributed by atoms with Crippen molar-refractivity contribution in [2.45, 2.75) is 82.6 Å². The molecule has 0 spiro atoms. The Bertz CT molecular complexity index is 639. The molecule has 4 rings (SSSR count). The molecule has 30 heavy (non-hydrogen) atoms. The molecule has 4 heteroatoms. The van der Waals surface area contributed by atoms with Gasteiger partial charge in [-0.2, -0.15) is 0 Å². The predicted molar refractivity (Wildman–Crippen MR) is 124 cm³/mol. The number of nitrogens with one attached hydrogen (secondary N) is 1. The lowest BCUT2D eigenvalue weighted by Crippen LogP contribution is -2.47. The van der Waals surface area contributed by atoms with Crippen LogP contribution in [-0.2, 0) is 0 Å². The fourth-order valence-corrected chi connectivity index (χ4v) is 5.74. The van der Waals surface area contributed by atoms with E-state index in [0.29, 0.717) is 5.92 Å². The second kappa shape index (κ2) is 11.3. The van der Waals surface area contributed by atoms with Crippen LogP contribution in [0.4, 0.5) is 0 Å². The van der Waals surface area contributed by atoms with Gasteiger partial charge in [0.05, 0.1) is 0 Å². The van der Waals surface area contributed by atoms with Crippen molar-refractivity contribution < 1.29 is 4.79 Å². The maximum absolute atomic E-state index is 12.5. The minimum absolute atomic E-state index is 0.0778. The van der Waals surface area contributed by atoms with Gasteiger partial charge in [-0.25, -0.2) is 0 Å². The molecule has 0 aromatic heterocycles. The first kappa shape index (κ1) is 21.8. The molecule has 1 amide bonds. The van der Waals surface area contributed by atoms with Crippen molar-refractivity contribution in [2.75, 3.05) is 39.3 Å². The Kier molecular flexibility index (Phi) is 8.22. The van der Waals surface area contributed by atoms with Gasteiger partial charge in [-0.15, -0.1) is 0 Å². The van der Waals surface area contributed by atoms with Gasteiger partial charge in [0.25, 0.3) is 5.91 Å². The van der Waals surface area contributed by atoms with Crippen LogP contribution in [0.2, 0.25) is 0 Å². The number of amides is 1. The molecule has 2 aliphatic heterocycles. The Balaban J connectivity index is 1.11. The second-order valence-electron chi connectivity index (χ2n) is 9.74. The third-order valence-electron chi connectivity index (χ3n) is 7.65. The lowest BCUT2D eigenvalue weighted by atomic mass is 9.84. The minimum atomic E-state index is 0.0778. The first-order valence-corrected chi connectivity index (χ1v) is 12.6. The maximum Gasteiger partial charge on any atom is 0.251 e. The van der Waals surface area contributed by atoms with E-state index in [0.717, 1.165) is 31.1 Å². The zero-order valence-electron chi connectivity index (χ0n) is 18.8. The van der Waals surface area contributed by atoms with E-state index in [2.05, 4.69) is 27.2 Å². The fraction of sp³-hybridized carbons (Fsp3) is 0.731. The van der Waals surface area contributed by atoms with Gasteiger partial charge < -0.3 is 15.1 Å². The van der Waals surface area contributed by atoms with Gasteiger partial charge in [0.2, 0.25) is 0 Å². The summed E-state index contributed by atoms with van der Waals surface area (Å²) in [7, 11) is 0. The zero-order valence-corrected chi connectivity index (χ0v) is 18.8. The second-order valence-corrected chi connectivity index (χ2v) is 9.74. The number of carbonyl (C=O) groups is 1. The number of hydrogen-bond acceptors (Lipinski definition) is 3. The zero-order chi connectivity index (χ0) is 20.6. The molecular formula is C26H41N3O. The van der Waals surface area contributed by atoms with Gasteiger partial charge in [-0.3, -0.25) is 4.79 Å². The Morgan fingerprint density at radius 3 is 2.20 bits per heavy atom. The standard InChI is InChI=1S/C26H41N3O/c30-26(24-12-10-23(11-13-24)22-8-3-1-4-9-22)27-16-7-17-28-20-14-25(15-21-28)29-18-5-2-6-19-29/h10-13,22,25H,1-9,14-21H2,(H,27,30). The first-order chi connectivity index (χ1) is 14.8. The Hall–Kier alpha value is -1.39. The highest BCUT2D eigenvalue weighted by Crippen LogP contribution is 2.32. The van der Waals surface area contributed by atoms with Gasteiger partial charge in [0.15, 0.2) is 0 Å². The molecule has 1 N–H and O–H groups in total. The van der Waals surface area contributed by atoms with Crippen LogP contribution in [0.3, 0.4) is 0 Å². The third-order valence-corrected chi connectivity index (χ3v) is 7.65. The molecule has 3 fully saturated rings. The van der Waals surface area contributed by atoms with Crippen molar-refractivity contribution in [1.29, 1.82) is 0 Å². The molecule has 166 valence electrons. The van der Waals surface area contributed by atoms with Crippen LogP contribution in [0.1, 0.15) is 92.5 Å². The number of piperidine rings is 2. The summed E-state index contributed by atoms with van der Waals surface area (Å²) in [5.41, 5.74) is 2.22. The molecule has 2 saturated heterocycles. The predicted octanol–water partition coefficient (Wildman–Crippen LogP) is 4.80. The normalized spacial score (nSPS) is 22.8. The van der Waals surface area contributed by atoms with E-state index in [9.17, 15) is 4.79 Å². The van der Waals surface area contributed by atoms with E-state index in [1.54, 1.807) is 0 Å². The van der Waals surface area contributed by atoms with Crippen molar-refractivity contribution in [3.05, 3.63) is 35.4 Å². The summed E-state index contributed by atoms with van der Waals surface area (Å²) in [4.78, 5) is 17.8. The molecule has 1 saturated carbocycles. The summed E-state index contributed by atoms with van der Waals surface area (Å²) in [6.45, 7) is 6.95. The van der Waals surface area contributed by atoms with Crippen LogP contribution in [-0.4, -0.2) is 61.0 Å². The van der Waals surface area contributed by atoms with Crippen molar-refractivity contribution >= 4 is 5.91 Å². The molecular weight excluding hydrogens is 370 g/mol. The average molecular weight is 412 g/mol. The maximum atomic E-state index is 12.5.